The molecule has 0 radical (unpaired) electrons. The van der Waals surface area contributed by atoms with E-state index in [0.717, 1.165) is 11.6 Å². The highest BCUT2D eigenvalue weighted by molar-refractivity contribution is 5.92. The topological polar surface area (TPSA) is 65.6 Å². The summed E-state index contributed by atoms with van der Waals surface area (Å²) in [6.45, 7) is 0.512. The molecule has 2 atom stereocenters. The van der Waals surface area contributed by atoms with E-state index in [9.17, 15) is 23.1 Å². The van der Waals surface area contributed by atoms with Gasteiger partial charge in [0, 0.05) is 24.4 Å². The number of aliphatic hydroxyl groups is 1. The molecule has 5 nitrogen and oxygen atoms in total. The van der Waals surface area contributed by atoms with Gasteiger partial charge in [-0.15, -0.1) is 0 Å². The number of nitrogens with one attached hydrogen (secondary N) is 1. The fourth-order valence-electron chi connectivity index (χ4n) is 4.92. The van der Waals surface area contributed by atoms with Crippen molar-refractivity contribution >= 4 is 16.8 Å². The highest BCUT2D eigenvalue weighted by Gasteiger charge is 2.42. The van der Waals surface area contributed by atoms with E-state index in [4.69, 9.17) is 4.74 Å². The number of hydrogen-bond donors (Lipinski definition) is 2. The number of carbonyl (C=O) groups is 1. The molecule has 8 heteroatoms. The Bertz CT molecular complexity index is 1170. The van der Waals surface area contributed by atoms with Gasteiger partial charge in [-0.3, -0.25) is 4.79 Å². The predicted molar refractivity (Wildman–Crippen MR) is 112 cm³/mol. The van der Waals surface area contributed by atoms with Crippen LogP contribution in [0.2, 0.25) is 0 Å². The zero-order valence-corrected chi connectivity index (χ0v) is 17.4. The van der Waals surface area contributed by atoms with Crippen LogP contribution in [0.5, 0.6) is 0 Å². The summed E-state index contributed by atoms with van der Waals surface area (Å²) in [4.78, 5) is 17.5. The molecule has 2 aromatic carbocycles. The van der Waals surface area contributed by atoms with Gasteiger partial charge in [0.2, 0.25) is 5.91 Å². The first-order chi connectivity index (χ1) is 15.3. The number of fused-ring (bicyclic) bond motifs is 1. The smallest absolute Gasteiger partial charge is 0.225 e. The molecule has 2 fully saturated rings. The van der Waals surface area contributed by atoms with E-state index in [2.05, 4.69) is 4.98 Å². The number of rotatable bonds is 4. The number of aromatic nitrogens is 1. The van der Waals surface area contributed by atoms with Gasteiger partial charge in [-0.1, -0.05) is 0 Å². The number of hydrogen-bond acceptors (Lipinski definition) is 3. The van der Waals surface area contributed by atoms with Crippen LogP contribution in [0.3, 0.4) is 0 Å². The summed E-state index contributed by atoms with van der Waals surface area (Å²) in [7, 11) is 1.67. The predicted octanol–water partition coefficient (Wildman–Crippen LogP) is 3.96. The molecular weight excluding hydrogens is 421 g/mol. The molecule has 0 bridgehead atoms. The fraction of sp³-hybridized carbons (Fsp3) is 0.375. The summed E-state index contributed by atoms with van der Waals surface area (Å²) < 4.78 is 47.2. The van der Waals surface area contributed by atoms with Crippen molar-refractivity contribution in [1.82, 2.24) is 9.88 Å². The summed E-state index contributed by atoms with van der Waals surface area (Å²) in [5.41, 5.74) is 2.20. The van der Waals surface area contributed by atoms with E-state index in [0.29, 0.717) is 36.1 Å². The maximum atomic E-state index is 14.5. The lowest BCUT2D eigenvalue weighted by Gasteiger charge is -2.39. The number of ether oxygens (including phenoxy) is 1. The zero-order valence-electron chi connectivity index (χ0n) is 17.4. The molecule has 1 saturated carbocycles. The maximum absolute atomic E-state index is 14.5. The minimum Gasteiger partial charge on any atom is -0.388 e. The Labute approximate surface area is 182 Å². The summed E-state index contributed by atoms with van der Waals surface area (Å²) in [6.07, 6.45) is 0.336. The number of amides is 1. The number of benzene rings is 2. The highest BCUT2D eigenvalue weighted by Crippen LogP contribution is 2.49. The van der Waals surface area contributed by atoms with Gasteiger partial charge >= 0.3 is 0 Å². The van der Waals surface area contributed by atoms with Crippen LogP contribution >= 0.6 is 0 Å². The van der Waals surface area contributed by atoms with Crippen LogP contribution in [-0.4, -0.2) is 53.3 Å². The van der Waals surface area contributed by atoms with E-state index in [1.807, 2.05) is 0 Å². The number of nitrogens with zero attached hydrogens (tertiary/aromatic N) is 1. The van der Waals surface area contributed by atoms with Crippen molar-refractivity contribution in [2.45, 2.75) is 30.9 Å². The number of aliphatic hydroxyl groups excluding tert-OH is 1. The van der Waals surface area contributed by atoms with Crippen molar-refractivity contribution in [3.8, 4) is 11.3 Å². The molecule has 1 saturated heterocycles. The van der Waals surface area contributed by atoms with Crippen molar-refractivity contribution < 1.29 is 27.8 Å². The van der Waals surface area contributed by atoms with Gasteiger partial charge in [-0.25, -0.2) is 13.2 Å². The summed E-state index contributed by atoms with van der Waals surface area (Å²) >= 11 is 0. The van der Waals surface area contributed by atoms with Crippen molar-refractivity contribution in [1.29, 1.82) is 0 Å². The van der Waals surface area contributed by atoms with Gasteiger partial charge in [0.05, 0.1) is 36.6 Å². The second-order valence-corrected chi connectivity index (χ2v) is 8.72. The number of likely N-dealkylation sites (N-methyl/N-ethyl adjacent to an activating group) is 1. The molecule has 168 valence electrons. The average molecular weight is 444 g/mol. The lowest BCUT2D eigenvalue weighted by Crippen LogP contribution is -2.48. The third-order valence-corrected chi connectivity index (χ3v) is 6.76. The number of aromatic amines is 1. The number of H-pyrrole nitrogens is 1. The van der Waals surface area contributed by atoms with Crippen LogP contribution in [0.15, 0.2) is 36.4 Å². The van der Waals surface area contributed by atoms with Gasteiger partial charge < -0.3 is 19.7 Å². The van der Waals surface area contributed by atoms with Crippen LogP contribution in [0, 0.1) is 23.4 Å². The third kappa shape index (κ3) is 3.47. The Balaban J connectivity index is 1.46. The van der Waals surface area contributed by atoms with Crippen LogP contribution in [0.1, 0.15) is 24.3 Å². The van der Waals surface area contributed by atoms with Gasteiger partial charge in [-0.05, 0) is 60.2 Å². The van der Waals surface area contributed by atoms with Crippen LogP contribution in [-0.2, 0) is 9.53 Å². The largest absolute Gasteiger partial charge is 0.388 e. The number of carbonyl (C=O) groups excluding carboxylic acids is 1. The molecule has 1 aliphatic carbocycles. The molecule has 2 heterocycles. The molecule has 1 aliphatic heterocycles. The molecule has 32 heavy (non-hydrogen) atoms. The van der Waals surface area contributed by atoms with Gasteiger partial charge in [-0.2, -0.15) is 0 Å². The maximum Gasteiger partial charge on any atom is 0.225 e. The molecule has 3 aromatic rings. The van der Waals surface area contributed by atoms with Crippen LogP contribution < -0.4 is 0 Å². The van der Waals surface area contributed by atoms with Gasteiger partial charge in [0.25, 0.3) is 0 Å². The first-order valence-electron chi connectivity index (χ1n) is 10.6. The molecule has 5 rings (SSSR count). The Morgan fingerprint density at radius 2 is 1.81 bits per heavy atom. The van der Waals surface area contributed by atoms with E-state index in [-0.39, 0.29) is 41.7 Å². The van der Waals surface area contributed by atoms with E-state index < -0.39 is 17.7 Å². The average Bonchev–Trinajstić information content (AvgIpc) is 3.31. The van der Waals surface area contributed by atoms with Crippen molar-refractivity contribution in [3.63, 3.8) is 0 Å². The first-order valence-corrected chi connectivity index (χ1v) is 10.6. The monoisotopic (exact) mass is 444 g/mol. The lowest BCUT2D eigenvalue weighted by atomic mass is 9.69. The minimum absolute atomic E-state index is 0.0728. The van der Waals surface area contributed by atoms with Crippen molar-refractivity contribution in [2.75, 3.05) is 20.3 Å². The Kier molecular flexibility index (Phi) is 5.22. The molecule has 0 spiro atoms. The zero-order chi connectivity index (χ0) is 22.6. The second-order valence-electron chi connectivity index (χ2n) is 8.72. The quantitative estimate of drug-likeness (QED) is 0.640. The standard InChI is InChI=1S/C24H23F3N2O3/c1-29(19-10-32-11-20(19)30)24(31)14-6-13(7-14)21-17-8-16(26)9-18(27)23(17)28-22(21)12-2-4-15(25)5-3-12/h2-5,8-9,13-14,19-20,28,30H,6-7,10-11H2,1H3. The van der Waals surface area contributed by atoms with Gasteiger partial charge in [0.1, 0.15) is 17.5 Å². The molecule has 2 N–H and O–H groups in total. The van der Waals surface area contributed by atoms with E-state index in [1.54, 1.807) is 24.1 Å². The fourth-order valence-corrected chi connectivity index (χ4v) is 4.92. The Hall–Kier alpha value is -2.84. The highest BCUT2D eigenvalue weighted by atomic mass is 19.1. The Morgan fingerprint density at radius 1 is 1.09 bits per heavy atom. The normalized spacial score (nSPS) is 25.2. The van der Waals surface area contributed by atoms with Crippen LogP contribution in [0.25, 0.3) is 22.2 Å². The first kappa shape index (κ1) is 21.0. The minimum atomic E-state index is -0.704. The second kappa shape index (κ2) is 7.94. The summed E-state index contributed by atoms with van der Waals surface area (Å²) in [5.74, 6) is -2.17. The molecule has 2 unspecified atom stereocenters. The number of halogens is 3. The van der Waals surface area contributed by atoms with E-state index >= 15 is 0 Å². The SMILES string of the molecule is CN(C(=O)C1CC(c2c(-c3ccc(F)cc3)[nH]c3c(F)cc(F)cc23)C1)C1COCC1O. The molecule has 1 aromatic heterocycles. The van der Waals surface area contributed by atoms with Crippen molar-refractivity contribution in [3.05, 3.63) is 59.4 Å². The molecule has 1 amide bonds. The lowest BCUT2D eigenvalue weighted by molar-refractivity contribution is -0.141. The summed E-state index contributed by atoms with van der Waals surface area (Å²) in [5, 5.41) is 10.5. The molecule has 2 aliphatic rings. The molecular formula is C24H23F3N2O3. The summed E-state index contributed by atoms with van der Waals surface area (Å²) in [6, 6.07) is 7.58. The Morgan fingerprint density at radius 3 is 2.47 bits per heavy atom. The van der Waals surface area contributed by atoms with Crippen LogP contribution in [0.4, 0.5) is 13.2 Å². The van der Waals surface area contributed by atoms with Gasteiger partial charge in [0.15, 0.2) is 0 Å². The van der Waals surface area contributed by atoms with Crippen molar-refractivity contribution in [2.24, 2.45) is 5.92 Å². The van der Waals surface area contributed by atoms with E-state index in [1.165, 1.54) is 18.2 Å². The third-order valence-electron chi connectivity index (χ3n) is 6.76.